The summed E-state index contributed by atoms with van der Waals surface area (Å²) < 4.78 is 16.1. The molecule has 2 aromatic rings. The quantitative estimate of drug-likeness (QED) is 0.805. The molecule has 0 unspecified atom stereocenters. The number of nitrogens with zero attached hydrogens (tertiary/aromatic N) is 1. The van der Waals surface area contributed by atoms with Crippen molar-refractivity contribution >= 4 is 11.9 Å². The van der Waals surface area contributed by atoms with Crippen molar-refractivity contribution in [3.05, 3.63) is 47.0 Å². The number of aliphatic imine (C=N–C) groups is 1. The molecule has 0 amide bonds. The number of aryl methyl sites for hydroxylation is 2. The smallest absolute Gasteiger partial charge is 0.231 e. The van der Waals surface area contributed by atoms with Crippen molar-refractivity contribution < 1.29 is 14.2 Å². The Labute approximate surface area is 124 Å². The number of hydrogen-bond acceptors (Lipinski definition) is 4. The molecule has 0 bridgehead atoms. The van der Waals surface area contributed by atoms with Crippen LogP contribution in [0.3, 0.4) is 0 Å². The summed E-state index contributed by atoms with van der Waals surface area (Å²) in [5.41, 5.74) is 4.26. The van der Waals surface area contributed by atoms with Gasteiger partial charge in [-0.05, 0) is 43.2 Å². The molecule has 0 fully saturated rings. The van der Waals surface area contributed by atoms with Crippen LogP contribution in [0.5, 0.6) is 17.2 Å². The second kappa shape index (κ2) is 5.48. The zero-order valence-corrected chi connectivity index (χ0v) is 12.3. The van der Waals surface area contributed by atoms with Crippen molar-refractivity contribution in [1.82, 2.24) is 0 Å². The number of benzene rings is 2. The Morgan fingerprint density at radius 3 is 2.52 bits per heavy atom. The van der Waals surface area contributed by atoms with Crippen LogP contribution in [0.25, 0.3) is 0 Å². The molecule has 108 valence electrons. The summed E-state index contributed by atoms with van der Waals surface area (Å²) in [6.07, 6.45) is 1.78. The zero-order chi connectivity index (χ0) is 14.8. The molecular formula is C17H17NO3. The number of hydrogen-bond donors (Lipinski definition) is 0. The van der Waals surface area contributed by atoms with Gasteiger partial charge in [0, 0.05) is 17.8 Å². The first-order valence-corrected chi connectivity index (χ1v) is 6.76. The van der Waals surface area contributed by atoms with E-state index in [1.165, 1.54) is 11.1 Å². The highest BCUT2D eigenvalue weighted by atomic mass is 16.7. The molecule has 1 aliphatic rings. The number of ether oxygens (including phenoxy) is 3. The van der Waals surface area contributed by atoms with Gasteiger partial charge in [0.15, 0.2) is 11.5 Å². The van der Waals surface area contributed by atoms with Gasteiger partial charge in [-0.25, -0.2) is 0 Å². The highest BCUT2D eigenvalue weighted by molar-refractivity contribution is 5.87. The van der Waals surface area contributed by atoms with Crippen molar-refractivity contribution in [2.45, 2.75) is 13.8 Å². The maximum Gasteiger partial charge on any atom is 0.231 e. The second-order valence-electron chi connectivity index (χ2n) is 4.97. The van der Waals surface area contributed by atoms with Gasteiger partial charge in [-0.15, -0.1) is 0 Å². The molecule has 4 heteroatoms. The van der Waals surface area contributed by atoms with Gasteiger partial charge in [0.1, 0.15) is 5.75 Å². The predicted octanol–water partition coefficient (Wildman–Crippen LogP) is 3.79. The number of fused-ring (bicyclic) bond motifs is 1. The predicted molar refractivity (Wildman–Crippen MR) is 82.3 cm³/mol. The summed E-state index contributed by atoms with van der Waals surface area (Å²) in [7, 11) is 1.63. The number of rotatable bonds is 3. The Balaban J connectivity index is 1.93. The van der Waals surface area contributed by atoms with Crippen LogP contribution >= 0.6 is 0 Å². The lowest BCUT2D eigenvalue weighted by Crippen LogP contribution is -1.92. The van der Waals surface area contributed by atoms with E-state index in [0.717, 1.165) is 17.0 Å². The minimum absolute atomic E-state index is 0.246. The highest BCUT2D eigenvalue weighted by Crippen LogP contribution is 2.37. The molecule has 4 nitrogen and oxygen atoms in total. The topological polar surface area (TPSA) is 40.0 Å². The molecule has 21 heavy (non-hydrogen) atoms. The van der Waals surface area contributed by atoms with E-state index in [1.54, 1.807) is 13.3 Å². The first kappa shape index (κ1) is 13.5. The van der Waals surface area contributed by atoms with E-state index >= 15 is 0 Å². The molecule has 2 aromatic carbocycles. The standard InChI is InChI=1S/C17H17NO3/c1-11-4-5-14(6-12(11)2)18-9-13-7-16-17(21-10-20-16)8-15(13)19-3/h4-9H,10H2,1-3H3. The van der Waals surface area contributed by atoms with Crippen LogP contribution in [-0.4, -0.2) is 20.1 Å². The van der Waals surface area contributed by atoms with Gasteiger partial charge < -0.3 is 14.2 Å². The summed E-state index contributed by atoms with van der Waals surface area (Å²) in [5, 5.41) is 0. The third-order valence-electron chi connectivity index (χ3n) is 3.57. The lowest BCUT2D eigenvalue weighted by Gasteiger charge is -2.06. The maximum atomic E-state index is 5.39. The van der Waals surface area contributed by atoms with E-state index in [9.17, 15) is 0 Å². The van der Waals surface area contributed by atoms with Crippen molar-refractivity contribution in [3.63, 3.8) is 0 Å². The van der Waals surface area contributed by atoms with Gasteiger partial charge in [0.2, 0.25) is 6.79 Å². The maximum absolute atomic E-state index is 5.39. The summed E-state index contributed by atoms with van der Waals surface area (Å²) in [4.78, 5) is 4.51. The van der Waals surface area contributed by atoms with Crippen molar-refractivity contribution in [2.75, 3.05) is 13.9 Å². The van der Waals surface area contributed by atoms with Gasteiger partial charge in [0.05, 0.1) is 12.8 Å². The van der Waals surface area contributed by atoms with Crippen LogP contribution in [0.15, 0.2) is 35.3 Å². The first-order valence-electron chi connectivity index (χ1n) is 6.76. The van der Waals surface area contributed by atoms with E-state index in [4.69, 9.17) is 14.2 Å². The third-order valence-corrected chi connectivity index (χ3v) is 3.57. The molecule has 0 radical (unpaired) electrons. The second-order valence-corrected chi connectivity index (χ2v) is 4.97. The largest absolute Gasteiger partial charge is 0.496 e. The van der Waals surface area contributed by atoms with Gasteiger partial charge in [0.25, 0.3) is 0 Å². The highest BCUT2D eigenvalue weighted by Gasteiger charge is 2.16. The summed E-state index contributed by atoms with van der Waals surface area (Å²) in [5.74, 6) is 2.14. The monoisotopic (exact) mass is 283 g/mol. The zero-order valence-electron chi connectivity index (χ0n) is 12.3. The molecule has 0 saturated heterocycles. The first-order chi connectivity index (χ1) is 10.2. The summed E-state index contributed by atoms with van der Waals surface area (Å²) >= 11 is 0. The van der Waals surface area contributed by atoms with E-state index < -0.39 is 0 Å². The van der Waals surface area contributed by atoms with Crippen LogP contribution < -0.4 is 14.2 Å². The fraction of sp³-hybridized carbons (Fsp3) is 0.235. The normalized spacial score (nSPS) is 12.9. The van der Waals surface area contributed by atoms with Crippen LogP contribution in [0.1, 0.15) is 16.7 Å². The molecule has 3 rings (SSSR count). The average molecular weight is 283 g/mol. The molecule has 0 spiro atoms. The van der Waals surface area contributed by atoms with E-state index in [-0.39, 0.29) is 6.79 Å². The minimum atomic E-state index is 0.246. The van der Waals surface area contributed by atoms with Gasteiger partial charge in [-0.2, -0.15) is 0 Å². The molecular weight excluding hydrogens is 266 g/mol. The van der Waals surface area contributed by atoms with Crippen molar-refractivity contribution in [2.24, 2.45) is 4.99 Å². The van der Waals surface area contributed by atoms with Gasteiger partial charge in [-0.3, -0.25) is 4.99 Å². The molecule has 0 saturated carbocycles. The molecule has 1 aliphatic heterocycles. The van der Waals surface area contributed by atoms with E-state index in [0.29, 0.717) is 11.5 Å². The van der Waals surface area contributed by atoms with Crippen LogP contribution in [0.4, 0.5) is 5.69 Å². The van der Waals surface area contributed by atoms with Crippen LogP contribution in [0.2, 0.25) is 0 Å². The van der Waals surface area contributed by atoms with Crippen LogP contribution in [-0.2, 0) is 0 Å². The fourth-order valence-electron chi connectivity index (χ4n) is 2.17. The Morgan fingerprint density at radius 1 is 1.05 bits per heavy atom. The lowest BCUT2D eigenvalue weighted by atomic mass is 10.1. The van der Waals surface area contributed by atoms with Gasteiger partial charge >= 0.3 is 0 Å². The summed E-state index contributed by atoms with van der Waals surface area (Å²) in [6, 6.07) is 9.83. The van der Waals surface area contributed by atoms with Crippen molar-refractivity contribution in [3.8, 4) is 17.2 Å². The Hall–Kier alpha value is -2.49. The van der Waals surface area contributed by atoms with Gasteiger partial charge in [-0.1, -0.05) is 6.07 Å². The van der Waals surface area contributed by atoms with Crippen molar-refractivity contribution in [1.29, 1.82) is 0 Å². The average Bonchev–Trinajstić information content (AvgIpc) is 2.94. The SMILES string of the molecule is COc1cc2c(cc1C=Nc1ccc(C)c(C)c1)OCO2. The van der Waals surface area contributed by atoms with Crippen LogP contribution in [0, 0.1) is 13.8 Å². The Bertz CT molecular complexity index is 707. The number of methoxy groups -OCH3 is 1. The van der Waals surface area contributed by atoms with E-state index in [1.807, 2.05) is 18.2 Å². The fourth-order valence-corrected chi connectivity index (χ4v) is 2.17. The Kier molecular flexibility index (Phi) is 3.52. The molecule has 1 heterocycles. The third kappa shape index (κ3) is 2.70. The molecule has 0 atom stereocenters. The minimum Gasteiger partial charge on any atom is -0.496 e. The lowest BCUT2D eigenvalue weighted by molar-refractivity contribution is 0.174. The summed E-state index contributed by atoms with van der Waals surface area (Å²) in [6.45, 7) is 4.41. The molecule has 0 N–H and O–H groups in total. The molecule has 0 aromatic heterocycles. The Morgan fingerprint density at radius 2 is 1.81 bits per heavy atom. The van der Waals surface area contributed by atoms with E-state index in [2.05, 4.69) is 31.0 Å². The molecule has 0 aliphatic carbocycles.